The molecule has 0 radical (unpaired) electrons. The highest BCUT2D eigenvalue weighted by Crippen LogP contribution is 2.31. The molecule has 3 N–H and O–H groups in total. The van der Waals surface area contributed by atoms with Crippen LogP contribution in [0.1, 0.15) is 59.8 Å². The SMILES string of the molecule is C/C=C\C(C=O)=C/C.CC.CNNC(=O)c1cc(Cl)cc(C)c1NC(=O)c1cc(C(F)(F)F)nn1-c1ncccc1Cl. The van der Waals surface area contributed by atoms with Crippen LogP contribution in [0.3, 0.4) is 0 Å². The molecule has 0 atom stereocenters. The molecule has 2 amide bonds. The highest BCUT2D eigenvalue weighted by Gasteiger charge is 2.36. The molecule has 2 heterocycles. The lowest BCUT2D eigenvalue weighted by Crippen LogP contribution is -2.35. The zero-order chi connectivity index (χ0) is 32.0. The van der Waals surface area contributed by atoms with Crippen LogP contribution >= 0.6 is 23.2 Å². The molecular weight excluding hydrogens is 596 g/mol. The maximum absolute atomic E-state index is 13.3. The third-order valence-electron chi connectivity index (χ3n) is 5.02. The Morgan fingerprint density at radius 3 is 2.24 bits per heavy atom. The van der Waals surface area contributed by atoms with Crippen molar-refractivity contribution >= 4 is 47.0 Å². The Morgan fingerprint density at radius 1 is 1.07 bits per heavy atom. The molecule has 42 heavy (non-hydrogen) atoms. The van der Waals surface area contributed by atoms with E-state index < -0.39 is 29.4 Å². The molecule has 14 heteroatoms. The van der Waals surface area contributed by atoms with E-state index in [0.717, 1.165) is 11.9 Å². The molecule has 0 aliphatic rings. The molecule has 0 fully saturated rings. The molecule has 0 saturated carbocycles. The first-order chi connectivity index (χ1) is 19.9. The van der Waals surface area contributed by atoms with Gasteiger partial charge in [-0.3, -0.25) is 19.8 Å². The van der Waals surface area contributed by atoms with E-state index in [0.29, 0.717) is 16.3 Å². The maximum Gasteiger partial charge on any atom is 0.435 e. The van der Waals surface area contributed by atoms with Crippen molar-refractivity contribution in [2.75, 3.05) is 12.4 Å². The van der Waals surface area contributed by atoms with Gasteiger partial charge in [-0.15, -0.1) is 0 Å². The van der Waals surface area contributed by atoms with Crippen molar-refractivity contribution in [2.45, 2.75) is 40.8 Å². The number of amides is 2. The lowest BCUT2D eigenvalue weighted by molar-refractivity contribution is -0.141. The number of allylic oxidation sites excluding steroid dienone is 4. The number of halogens is 5. The largest absolute Gasteiger partial charge is 0.435 e. The molecule has 3 rings (SSSR count). The summed E-state index contributed by atoms with van der Waals surface area (Å²) in [6.07, 6.45) is 2.68. The first-order valence-electron chi connectivity index (χ1n) is 12.5. The van der Waals surface area contributed by atoms with Gasteiger partial charge in [-0.25, -0.2) is 15.1 Å². The normalized spacial score (nSPS) is 11.2. The number of hydrogen-bond donors (Lipinski definition) is 3. The molecular formula is C28H31Cl2F3N6O3. The molecule has 0 aliphatic heterocycles. The van der Waals surface area contributed by atoms with Gasteiger partial charge in [0.25, 0.3) is 11.8 Å². The molecule has 2 aromatic heterocycles. The van der Waals surface area contributed by atoms with Gasteiger partial charge in [0.2, 0.25) is 0 Å². The van der Waals surface area contributed by atoms with E-state index in [2.05, 4.69) is 26.3 Å². The number of rotatable bonds is 7. The van der Waals surface area contributed by atoms with Gasteiger partial charge in [0.05, 0.1) is 16.3 Å². The number of carbonyl (C=O) groups is 3. The van der Waals surface area contributed by atoms with Crippen LogP contribution in [0.15, 0.2) is 60.3 Å². The molecule has 226 valence electrons. The van der Waals surface area contributed by atoms with Gasteiger partial charge in [0.15, 0.2) is 11.5 Å². The van der Waals surface area contributed by atoms with Crippen LogP contribution in [-0.4, -0.2) is 39.9 Å². The number of hydrogen-bond acceptors (Lipinski definition) is 6. The standard InChI is InChI=1S/C19H15Cl2F3N6O2.C7H10O.C2H6/c1-9-6-10(20)7-11(17(31)28-25-2)15(9)27-18(32)13-8-14(19(22,23)24)29-30(13)16-12(21)4-3-5-26-16;1-3-5-7(4-2)6-8;1-2/h3-8,25H,1-2H3,(H,27,32)(H,28,31);3-6H,1-2H3;1-2H3/b;5-3-,7-4+;. The molecule has 0 aliphatic carbocycles. The molecule has 3 aromatic rings. The fourth-order valence-corrected chi connectivity index (χ4v) is 3.69. The quantitative estimate of drug-likeness (QED) is 0.115. The van der Waals surface area contributed by atoms with Crippen molar-refractivity contribution in [3.05, 3.63) is 92.9 Å². The van der Waals surface area contributed by atoms with Crippen molar-refractivity contribution in [2.24, 2.45) is 0 Å². The van der Waals surface area contributed by atoms with Gasteiger partial charge in [-0.1, -0.05) is 55.3 Å². The smallest absolute Gasteiger partial charge is 0.320 e. The average Bonchev–Trinajstić information content (AvgIpc) is 3.41. The molecule has 9 nitrogen and oxygen atoms in total. The number of benzene rings is 1. The van der Waals surface area contributed by atoms with Crippen LogP contribution in [-0.2, 0) is 11.0 Å². The van der Waals surface area contributed by atoms with Gasteiger partial charge in [0, 0.05) is 29.9 Å². The number of nitrogens with one attached hydrogen (secondary N) is 3. The maximum atomic E-state index is 13.3. The van der Waals surface area contributed by atoms with Crippen LogP contribution in [0.4, 0.5) is 18.9 Å². The van der Waals surface area contributed by atoms with E-state index in [1.54, 1.807) is 19.1 Å². The van der Waals surface area contributed by atoms with Crippen molar-refractivity contribution in [1.29, 1.82) is 0 Å². The van der Waals surface area contributed by atoms with Gasteiger partial charge in [0.1, 0.15) is 12.0 Å². The minimum absolute atomic E-state index is 0.00400. The first kappa shape index (κ1) is 36.0. The fourth-order valence-electron chi connectivity index (χ4n) is 3.22. The van der Waals surface area contributed by atoms with Crippen LogP contribution < -0.4 is 16.2 Å². The first-order valence-corrected chi connectivity index (χ1v) is 13.2. The van der Waals surface area contributed by atoms with E-state index >= 15 is 0 Å². The number of aldehydes is 1. The molecule has 0 unspecified atom stereocenters. The van der Waals surface area contributed by atoms with Crippen LogP contribution in [0.25, 0.3) is 5.82 Å². The lowest BCUT2D eigenvalue weighted by atomic mass is 10.1. The van der Waals surface area contributed by atoms with E-state index in [1.165, 1.54) is 37.5 Å². The Kier molecular flexibility index (Phi) is 14.6. The van der Waals surface area contributed by atoms with Crippen LogP contribution in [0.5, 0.6) is 0 Å². The van der Waals surface area contributed by atoms with Crippen molar-refractivity contribution in [3.63, 3.8) is 0 Å². The second-order valence-electron chi connectivity index (χ2n) is 7.84. The summed E-state index contributed by atoms with van der Waals surface area (Å²) in [7, 11) is 1.46. The van der Waals surface area contributed by atoms with E-state index in [-0.39, 0.29) is 27.1 Å². The predicted octanol–water partition coefficient (Wildman–Crippen LogP) is 6.75. The Hall–Kier alpha value is -4.00. The summed E-state index contributed by atoms with van der Waals surface area (Å²) in [4.78, 5) is 39.3. The van der Waals surface area contributed by atoms with Gasteiger partial charge < -0.3 is 5.32 Å². The fraction of sp³-hybridized carbons (Fsp3) is 0.250. The highest BCUT2D eigenvalue weighted by molar-refractivity contribution is 6.32. The minimum Gasteiger partial charge on any atom is -0.320 e. The summed E-state index contributed by atoms with van der Waals surface area (Å²) >= 11 is 12.1. The molecule has 0 spiro atoms. The number of aryl methyl sites for hydroxylation is 1. The number of anilines is 1. The Balaban J connectivity index is 0.000000762. The van der Waals surface area contributed by atoms with Gasteiger partial charge >= 0.3 is 6.18 Å². The summed E-state index contributed by atoms with van der Waals surface area (Å²) in [5.41, 5.74) is 4.18. The lowest BCUT2D eigenvalue weighted by Gasteiger charge is -2.15. The number of alkyl halides is 3. The predicted molar refractivity (Wildman–Crippen MR) is 158 cm³/mol. The monoisotopic (exact) mass is 626 g/mol. The van der Waals surface area contributed by atoms with Gasteiger partial charge in [-0.2, -0.15) is 18.3 Å². The zero-order valence-electron chi connectivity index (χ0n) is 23.7. The second kappa shape index (κ2) is 17.1. The summed E-state index contributed by atoms with van der Waals surface area (Å²) in [5, 5.41) is 6.15. The molecule has 0 saturated heterocycles. The van der Waals surface area contributed by atoms with Crippen LogP contribution in [0.2, 0.25) is 10.0 Å². The van der Waals surface area contributed by atoms with E-state index in [1.807, 2.05) is 33.8 Å². The zero-order valence-corrected chi connectivity index (χ0v) is 25.2. The minimum atomic E-state index is -4.82. The summed E-state index contributed by atoms with van der Waals surface area (Å²) in [6, 6.07) is 6.23. The number of carbonyl (C=O) groups excluding carboxylic acids is 3. The highest BCUT2D eigenvalue weighted by atomic mass is 35.5. The molecule has 0 bridgehead atoms. The average molecular weight is 627 g/mol. The summed E-state index contributed by atoms with van der Waals surface area (Å²) in [5.74, 6) is -1.76. The number of nitrogens with zero attached hydrogens (tertiary/aromatic N) is 3. The van der Waals surface area contributed by atoms with Crippen LogP contribution in [0, 0.1) is 6.92 Å². The van der Waals surface area contributed by atoms with Crippen molar-refractivity contribution < 1.29 is 27.6 Å². The third-order valence-corrected chi connectivity index (χ3v) is 5.54. The summed E-state index contributed by atoms with van der Waals surface area (Å²) < 4.78 is 40.6. The van der Waals surface area contributed by atoms with Gasteiger partial charge in [-0.05, 0) is 50.6 Å². The Morgan fingerprint density at radius 2 is 1.74 bits per heavy atom. The number of hydrazine groups is 1. The topological polar surface area (TPSA) is 118 Å². The Bertz CT molecular complexity index is 1450. The number of aromatic nitrogens is 3. The van der Waals surface area contributed by atoms with E-state index in [9.17, 15) is 27.6 Å². The Labute approximate surface area is 251 Å². The second-order valence-corrected chi connectivity index (χ2v) is 8.69. The molecule has 1 aromatic carbocycles. The van der Waals surface area contributed by atoms with Crippen molar-refractivity contribution in [1.82, 2.24) is 25.6 Å². The third kappa shape index (κ3) is 9.82. The number of pyridine rings is 1. The summed E-state index contributed by atoms with van der Waals surface area (Å²) in [6.45, 7) is 9.29. The van der Waals surface area contributed by atoms with E-state index in [4.69, 9.17) is 23.2 Å². The van der Waals surface area contributed by atoms with Crippen molar-refractivity contribution in [3.8, 4) is 5.82 Å².